The van der Waals surface area contributed by atoms with Crippen molar-refractivity contribution in [3.8, 4) is 5.75 Å². The fraction of sp³-hybridized carbons (Fsp3) is 0.222. The molecule has 0 unspecified atom stereocenters. The number of carbonyl (C=O) groups is 2. The molecule has 0 saturated heterocycles. The predicted octanol–water partition coefficient (Wildman–Crippen LogP) is 3.21. The molecule has 0 bridgehead atoms. The van der Waals surface area contributed by atoms with E-state index < -0.39 is 35.9 Å². The van der Waals surface area contributed by atoms with Crippen molar-refractivity contribution in [2.75, 3.05) is 17.7 Å². The number of hydrogen-bond donors (Lipinski definition) is 1. The Kier molecular flexibility index (Phi) is 7.42. The van der Waals surface area contributed by atoms with Crippen molar-refractivity contribution in [3.05, 3.63) is 54.1 Å². The molecule has 2 rings (SSSR count). The first-order valence-electron chi connectivity index (χ1n) is 7.90. The first kappa shape index (κ1) is 20.5. The summed E-state index contributed by atoms with van der Waals surface area (Å²) in [6.07, 6.45) is 0. The van der Waals surface area contributed by atoms with Crippen LogP contribution in [0.25, 0.3) is 0 Å². The number of para-hydroxylation sites is 2. The maximum Gasteiger partial charge on any atom is 0.387 e. The summed E-state index contributed by atoms with van der Waals surface area (Å²) in [5, 5.41) is 2.34. The van der Waals surface area contributed by atoms with E-state index in [1.807, 2.05) is 0 Å². The number of hydrogen-bond acceptors (Lipinski definition) is 5. The number of alkyl halides is 2. The molecular formula is C18H17F2NO5S. The maximum atomic E-state index is 12.4. The summed E-state index contributed by atoms with van der Waals surface area (Å²) in [5.41, 5.74) is 0.123. The van der Waals surface area contributed by atoms with Crippen LogP contribution in [0.1, 0.15) is 17.3 Å². The van der Waals surface area contributed by atoms with Crippen molar-refractivity contribution in [2.45, 2.75) is 18.4 Å². The monoisotopic (exact) mass is 397 g/mol. The van der Waals surface area contributed by atoms with Gasteiger partial charge in [0, 0.05) is 5.75 Å². The molecule has 0 aliphatic rings. The molecule has 144 valence electrons. The van der Waals surface area contributed by atoms with E-state index in [-0.39, 0.29) is 17.0 Å². The number of benzene rings is 2. The topological polar surface area (TPSA) is 81.7 Å². The molecule has 0 fully saturated rings. The second kappa shape index (κ2) is 9.77. The van der Waals surface area contributed by atoms with Crippen LogP contribution in [0.2, 0.25) is 0 Å². The number of esters is 1. The summed E-state index contributed by atoms with van der Waals surface area (Å²) in [6.45, 7) is -1.98. The van der Waals surface area contributed by atoms with Crippen molar-refractivity contribution in [3.63, 3.8) is 0 Å². The van der Waals surface area contributed by atoms with E-state index in [2.05, 4.69) is 10.1 Å². The third-order valence-electron chi connectivity index (χ3n) is 3.33. The van der Waals surface area contributed by atoms with Crippen molar-refractivity contribution in [1.82, 2.24) is 0 Å². The quantitative estimate of drug-likeness (QED) is 0.692. The molecule has 0 aliphatic heterocycles. The van der Waals surface area contributed by atoms with Crippen molar-refractivity contribution < 1.29 is 32.1 Å². The zero-order chi connectivity index (χ0) is 19.8. The SMILES string of the molecule is CC[S@](=O)c1ccccc1C(=O)OCC(=O)Nc1ccccc1OC(F)F. The van der Waals surface area contributed by atoms with Gasteiger partial charge in [-0.05, 0) is 24.3 Å². The van der Waals surface area contributed by atoms with Crippen LogP contribution in [0, 0.1) is 0 Å². The molecule has 2 aromatic carbocycles. The molecule has 9 heteroatoms. The summed E-state index contributed by atoms with van der Waals surface area (Å²) in [6, 6.07) is 11.9. The fourth-order valence-corrected chi connectivity index (χ4v) is 3.09. The van der Waals surface area contributed by atoms with E-state index in [0.29, 0.717) is 10.6 Å². The third-order valence-corrected chi connectivity index (χ3v) is 4.70. The van der Waals surface area contributed by atoms with Gasteiger partial charge in [0.25, 0.3) is 5.91 Å². The van der Waals surface area contributed by atoms with Crippen LogP contribution in [0.5, 0.6) is 5.75 Å². The van der Waals surface area contributed by atoms with Gasteiger partial charge in [0.05, 0.1) is 26.9 Å². The largest absolute Gasteiger partial charge is 0.452 e. The Hall–Kier alpha value is -2.81. The van der Waals surface area contributed by atoms with Gasteiger partial charge in [0.2, 0.25) is 0 Å². The van der Waals surface area contributed by atoms with E-state index in [1.165, 1.54) is 30.3 Å². The smallest absolute Gasteiger partial charge is 0.387 e. The van der Waals surface area contributed by atoms with Crippen LogP contribution in [-0.2, 0) is 20.3 Å². The minimum absolute atomic E-state index is 0.0198. The van der Waals surface area contributed by atoms with E-state index in [0.717, 1.165) is 0 Å². The average molecular weight is 397 g/mol. The number of nitrogens with one attached hydrogen (secondary N) is 1. The minimum Gasteiger partial charge on any atom is -0.452 e. The van der Waals surface area contributed by atoms with E-state index >= 15 is 0 Å². The average Bonchev–Trinajstić information content (AvgIpc) is 2.66. The summed E-state index contributed by atoms with van der Waals surface area (Å²) in [4.78, 5) is 24.5. The molecule has 2 aromatic rings. The lowest BCUT2D eigenvalue weighted by Crippen LogP contribution is -2.22. The summed E-state index contributed by atoms with van der Waals surface area (Å²) >= 11 is 0. The lowest BCUT2D eigenvalue weighted by atomic mass is 10.2. The molecule has 0 aliphatic carbocycles. The van der Waals surface area contributed by atoms with Gasteiger partial charge < -0.3 is 14.8 Å². The lowest BCUT2D eigenvalue weighted by molar-refractivity contribution is -0.119. The zero-order valence-electron chi connectivity index (χ0n) is 14.3. The molecule has 1 N–H and O–H groups in total. The van der Waals surface area contributed by atoms with Gasteiger partial charge in [-0.3, -0.25) is 9.00 Å². The highest BCUT2D eigenvalue weighted by molar-refractivity contribution is 7.85. The Bertz CT molecular complexity index is 844. The van der Waals surface area contributed by atoms with Crippen molar-refractivity contribution >= 4 is 28.4 Å². The molecule has 27 heavy (non-hydrogen) atoms. The first-order chi connectivity index (χ1) is 12.9. The summed E-state index contributed by atoms with van der Waals surface area (Å²) in [5.74, 6) is -1.43. The standard InChI is InChI=1S/C18H17F2NO5S/c1-2-27(24)15-10-6-3-7-12(15)17(23)25-11-16(22)21-13-8-4-5-9-14(13)26-18(19)20/h3-10,18H,2,11H2,1H3,(H,21,22)/t27-/m0/s1. The highest BCUT2D eigenvalue weighted by Gasteiger charge is 2.18. The molecule has 0 spiro atoms. The molecule has 0 saturated carbocycles. The highest BCUT2D eigenvalue weighted by atomic mass is 32.2. The molecule has 0 radical (unpaired) electrons. The number of rotatable bonds is 8. The third kappa shape index (κ3) is 5.85. The van der Waals surface area contributed by atoms with E-state index in [4.69, 9.17) is 4.74 Å². The van der Waals surface area contributed by atoms with Crippen LogP contribution in [-0.4, -0.2) is 35.1 Å². The van der Waals surface area contributed by atoms with E-state index in [1.54, 1.807) is 25.1 Å². The molecule has 0 heterocycles. The molecule has 1 amide bonds. The number of carbonyl (C=O) groups excluding carboxylic acids is 2. The molecular weight excluding hydrogens is 380 g/mol. The molecule has 6 nitrogen and oxygen atoms in total. The van der Waals surface area contributed by atoms with Gasteiger partial charge in [0.1, 0.15) is 5.75 Å². The summed E-state index contributed by atoms with van der Waals surface area (Å²) in [7, 11) is -1.37. The fourth-order valence-electron chi connectivity index (χ4n) is 2.15. The van der Waals surface area contributed by atoms with Gasteiger partial charge in [-0.15, -0.1) is 0 Å². The first-order valence-corrected chi connectivity index (χ1v) is 9.22. The number of amides is 1. The Labute approximate surface area is 156 Å². The van der Waals surface area contributed by atoms with Crippen LogP contribution in [0.4, 0.5) is 14.5 Å². The van der Waals surface area contributed by atoms with Crippen LogP contribution in [0.3, 0.4) is 0 Å². The number of ether oxygens (including phenoxy) is 2. The number of anilines is 1. The van der Waals surface area contributed by atoms with Gasteiger partial charge >= 0.3 is 12.6 Å². The summed E-state index contributed by atoms with van der Waals surface area (Å²) < 4.78 is 46.0. The Balaban J connectivity index is 2.01. The van der Waals surface area contributed by atoms with Gasteiger partial charge in [-0.1, -0.05) is 31.2 Å². The van der Waals surface area contributed by atoms with Crippen LogP contribution < -0.4 is 10.1 Å². The normalized spacial score (nSPS) is 11.7. The maximum absolute atomic E-state index is 12.4. The molecule has 1 atom stereocenters. The number of halogens is 2. The second-order valence-corrected chi connectivity index (χ2v) is 6.84. The Morgan fingerprint density at radius 2 is 1.78 bits per heavy atom. The predicted molar refractivity (Wildman–Crippen MR) is 95.4 cm³/mol. The van der Waals surface area contributed by atoms with Crippen molar-refractivity contribution in [2.24, 2.45) is 0 Å². The second-order valence-electron chi connectivity index (χ2n) is 5.13. The minimum atomic E-state index is -3.04. The lowest BCUT2D eigenvalue weighted by Gasteiger charge is -2.12. The van der Waals surface area contributed by atoms with Crippen molar-refractivity contribution in [1.29, 1.82) is 0 Å². The highest BCUT2D eigenvalue weighted by Crippen LogP contribution is 2.25. The van der Waals surface area contributed by atoms with Crippen LogP contribution >= 0.6 is 0 Å². The Morgan fingerprint density at radius 1 is 1.11 bits per heavy atom. The van der Waals surface area contributed by atoms with Gasteiger partial charge in [-0.25, -0.2) is 4.79 Å². The van der Waals surface area contributed by atoms with Gasteiger partial charge in [-0.2, -0.15) is 8.78 Å². The van der Waals surface area contributed by atoms with Crippen LogP contribution in [0.15, 0.2) is 53.4 Å². The van der Waals surface area contributed by atoms with E-state index in [9.17, 15) is 22.6 Å². The van der Waals surface area contributed by atoms with Gasteiger partial charge in [0.15, 0.2) is 6.61 Å². The molecule has 0 aromatic heterocycles. The Morgan fingerprint density at radius 3 is 2.48 bits per heavy atom. The zero-order valence-corrected chi connectivity index (χ0v) is 15.1.